The number of benzene rings is 1. The molecule has 0 unspecified atom stereocenters. The summed E-state index contributed by atoms with van der Waals surface area (Å²) in [6.07, 6.45) is 3.36. The van der Waals surface area contributed by atoms with E-state index in [0.29, 0.717) is 5.65 Å². The largest absolute Gasteiger partial charge is 0.354 e. The highest BCUT2D eigenvalue weighted by Crippen LogP contribution is 2.43. The SMILES string of the molecule is CN1CN(C(C)(C)C)c2c1cnc1c2ccn1S(=O)(=O)c1ccccc1. The van der Waals surface area contributed by atoms with Crippen LogP contribution in [0.4, 0.5) is 11.4 Å². The van der Waals surface area contributed by atoms with Crippen molar-refractivity contribution in [3.8, 4) is 0 Å². The molecule has 1 aromatic carbocycles. The highest BCUT2D eigenvalue weighted by Gasteiger charge is 2.34. The van der Waals surface area contributed by atoms with E-state index in [1.54, 1.807) is 42.7 Å². The van der Waals surface area contributed by atoms with E-state index in [1.807, 2.05) is 13.1 Å². The van der Waals surface area contributed by atoms with Gasteiger partial charge in [0.2, 0.25) is 0 Å². The third kappa shape index (κ3) is 2.38. The third-order valence-electron chi connectivity index (χ3n) is 4.78. The minimum Gasteiger partial charge on any atom is -0.354 e. The summed E-state index contributed by atoms with van der Waals surface area (Å²) in [7, 11) is -1.66. The lowest BCUT2D eigenvalue weighted by Crippen LogP contribution is -2.43. The number of hydrogen-bond donors (Lipinski definition) is 0. The average Bonchev–Trinajstić information content (AvgIpc) is 3.17. The molecule has 2 aromatic heterocycles. The van der Waals surface area contributed by atoms with Crippen molar-refractivity contribution in [3.63, 3.8) is 0 Å². The lowest BCUT2D eigenvalue weighted by Gasteiger charge is -2.34. The molecule has 26 heavy (non-hydrogen) atoms. The molecule has 0 bridgehead atoms. The molecule has 0 spiro atoms. The highest BCUT2D eigenvalue weighted by molar-refractivity contribution is 7.90. The summed E-state index contributed by atoms with van der Waals surface area (Å²) >= 11 is 0. The molecule has 0 amide bonds. The molecule has 3 aromatic rings. The molecular weight excluding hydrogens is 348 g/mol. The maximum atomic E-state index is 13.1. The van der Waals surface area contributed by atoms with Gasteiger partial charge in [0.15, 0.2) is 5.65 Å². The van der Waals surface area contributed by atoms with Crippen molar-refractivity contribution in [2.45, 2.75) is 31.2 Å². The van der Waals surface area contributed by atoms with Crippen LogP contribution in [0.3, 0.4) is 0 Å². The number of pyridine rings is 1. The molecule has 0 saturated heterocycles. The fraction of sp³-hybridized carbons (Fsp3) is 0.316. The number of rotatable bonds is 2. The summed E-state index contributed by atoms with van der Waals surface area (Å²) in [6, 6.07) is 10.3. The summed E-state index contributed by atoms with van der Waals surface area (Å²) in [5.41, 5.74) is 2.42. The predicted octanol–water partition coefficient (Wildman–Crippen LogP) is 3.29. The van der Waals surface area contributed by atoms with Gasteiger partial charge in [-0.1, -0.05) is 18.2 Å². The van der Waals surface area contributed by atoms with Gasteiger partial charge in [-0.05, 0) is 39.0 Å². The normalized spacial score (nSPS) is 14.9. The number of aromatic nitrogens is 2. The summed E-state index contributed by atoms with van der Waals surface area (Å²) in [6.45, 7) is 7.20. The zero-order valence-corrected chi connectivity index (χ0v) is 16.2. The Bertz CT molecular complexity index is 1080. The molecule has 0 N–H and O–H groups in total. The number of hydrogen-bond acceptors (Lipinski definition) is 5. The van der Waals surface area contributed by atoms with E-state index in [0.717, 1.165) is 23.4 Å². The van der Waals surface area contributed by atoms with E-state index >= 15 is 0 Å². The van der Waals surface area contributed by atoms with E-state index in [1.165, 1.54) is 3.97 Å². The number of anilines is 2. The van der Waals surface area contributed by atoms with Gasteiger partial charge in [0, 0.05) is 24.2 Å². The molecule has 0 radical (unpaired) electrons. The molecule has 0 saturated carbocycles. The molecule has 1 aliphatic rings. The molecule has 136 valence electrons. The van der Waals surface area contributed by atoms with E-state index in [9.17, 15) is 8.42 Å². The Morgan fingerprint density at radius 2 is 1.77 bits per heavy atom. The number of fused-ring (bicyclic) bond motifs is 3. The predicted molar refractivity (Wildman–Crippen MR) is 104 cm³/mol. The van der Waals surface area contributed by atoms with Crippen LogP contribution in [-0.2, 0) is 10.0 Å². The van der Waals surface area contributed by atoms with E-state index in [2.05, 4.69) is 35.6 Å². The Labute approximate surface area is 153 Å². The van der Waals surface area contributed by atoms with E-state index < -0.39 is 10.0 Å². The minimum atomic E-state index is -3.68. The zero-order chi connectivity index (χ0) is 18.7. The number of nitrogens with zero attached hydrogens (tertiary/aromatic N) is 4. The van der Waals surface area contributed by atoms with Crippen molar-refractivity contribution in [3.05, 3.63) is 48.8 Å². The van der Waals surface area contributed by atoms with Gasteiger partial charge >= 0.3 is 0 Å². The van der Waals surface area contributed by atoms with Crippen LogP contribution in [0, 0.1) is 0 Å². The van der Waals surface area contributed by atoms with Gasteiger partial charge in [-0.25, -0.2) is 17.4 Å². The zero-order valence-electron chi connectivity index (χ0n) is 15.3. The Hall–Kier alpha value is -2.54. The molecule has 1 aliphatic heterocycles. The molecule has 6 nitrogen and oxygen atoms in total. The Kier molecular flexibility index (Phi) is 3.56. The molecule has 0 aliphatic carbocycles. The smallest absolute Gasteiger partial charge is 0.269 e. The second-order valence-electron chi connectivity index (χ2n) is 7.60. The molecule has 7 heteroatoms. The molecule has 4 rings (SSSR count). The monoisotopic (exact) mass is 370 g/mol. The maximum Gasteiger partial charge on any atom is 0.269 e. The van der Waals surface area contributed by atoms with Crippen molar-refractivity contribution < 1.29 is 8.42 Å². The van der Waals surface area contributed by atoms with Gasteiger partial charge in [0.1, 0.15) is 0 Å². The topological polar surface area (TPSA) is 58.4 Å². The first kappa shape index (κ1) is 16.9. The second-order valence-corrected chi connectivity index (χ2v) is 9.41. The van der Waals surface area contributed by atoms with Crippen molar-refractivity contribution in [1.29, 1.82) is 0 Å². The van der Waals surface area contributed by atoms with E-state index in [-0.39, 0.29) is 10.4 Å². The van der Waals surface area contributed by atoms with Gasteiger partial charge in [0.25, 0.3) is 10.0 Å². The first-order chi connectivity index (χ1) is 12.2. The summed E-state index contributed by atoms with van der Waals surface area (Å²) in [5.74, 6) is 0. The maximum absolute atomic E-state index is 13.1. The fourth-order valence-corrected chi connectivity index (χ4v) is 4.73. The average molecular weight is 370 g/mol. The second kappa shape index (κ2) is 5.48. The Morgan fingerprint density at radius 3 is 2.42 bits per heavy atom. The molecule has 3 heterocycles. The van der Waals surface area contributed by atoms with Crippen molar-refractivity contribution >= 4 is 32.4 Å². The van der Waals surface area contributed by atoms with Gasteiger partial charge in [-0.3, -0.25) is 0 Å². The van der Waals surface area contributed by atoms with Crippen LogP contribution in [0.5, 0.6) is 0 Å². The summed E-state index contributed by atoms with van der Waals surface area (Å²) < 4.78 is 27.4. The lowest BCUT2D eigenvalue weighted by atomic mass is 10.1. The van der Waals surface area contributed by atoms with Crippen molar-refractivity contribution in [2.24, 2.45) is 0 Å². The Balaban J connectivity index is 1.95. The van der Waals surface area contributed by atoms with Crippen molar-refractivity contribution in [1.82, 2.24) is 8.96 Å². The molecule has 0 fully saturated rings. The van der Waals surface area contributed by atoms with Crippen LogP contribution in [0.15, 0.2) is 53.7 Å². The third-order valence-corrected chi connectivity index (χ3v) is 6.46. The van der Waals surface area contributed by atoms with Gasteiger partial charge in [0.05, 0.1) is 29.1 Å². The summed E-state index contributed by atoms with van der Waals surface area (Å²) in [4.78, 5) is 9.16. The molecule has 0 atom stereocenters. The lowest BCUT2D eigenvalue weighted by molar-refractivity contribution is 0.517. The van der Waals surface area contributed by atoms with Crippen LogP contribution in [0.25, 0.3) is 11.0 Å². The molecular formula is C19H22N4O2S. The minimum absolute atomic E-state index is 0.0891. The standard InChI is InChI=1S/C19H22N4O2S/c1-19(2,3)22-13-21(4)16-12-20-18-15(17(16)22)10-11-23(18)26(24,25)14-8-6-5-7-9-14/h5-12H,13H2,1-4H3. The van der Waals surface area contributed by atoms with Crippen LogP contribution in [-0.4, -0.2) is 36.6 Å². The van der Waals surface area contributed by atoms with Crippen LogP contribution < -0.4 is 9.80 Å². The van der Waals surface area contributed by atoms with E-state index in [4.69, 9.17) is 0 Å². The van der Waals surface area contributed by atoms with Gasteiger partial charge in [-0.2, -0.15) is 0 Å². The first-order valence-corrected chi connectivity index (χ1v) is 9.95. The van der Waals surface area contributed by atoms with Gasteiger partial charge < -0.3 is 9.80 Å². The highest BCUT2D eigenvalue weighted by atomic mass is 32.2. The van der Waals surface area contributed by atoms with Crippen LogP contribution >= 0.6 is 0 Å². The first-order valence-electron chi connectivity index (χ1n) is 8.51. The Morgan fingerprint density at radius 1 is 1.08 bits per heavy atom. The fourth-order valence-electron chi connectivity index (χ4n) is 3.41. The van der Waals surface area contributed by atoms with Gasteiger partial charge in [-0.15, -0.1) is 0 Å². The van der Waals surface area contributed by atoms with Crippen molar-refractivity contribution in [2.75, 3.05) is 23.5 Å². The summed E-state index contributed by atoms with van der Waals surface area (Å²) in [5, 5.41) is 0.848. The van der Waals surface area contributed by atoms with Crippen LogP contribution in [0.1, 0.15) is 20.8 Å². The quantitative estimate of drug-likeness (QED) is 0.693. The van der Waals surface area contributed by atoms with Crippen LogP contribution in [0.2, 0.25) is 0 Å².